The monoisotopic (exact) mass is 172 g/mol. The van der Waals surface area contributed by atoms with Crippen molar-refractivity contribution in [3.63, 3.8) is 0 Å². The van der Waals surface area contributed by atoms with E-state index in [2.05, 4.69) is 9.97 Å². The Hall–Kier alpha value is -0.830. The smallest absolute Gasteiger partial charge is 0.233 e. The Morgan fingerprint density at radius 3 is 2.73 bits per heavy atom. The normalized spacial score (nSPS) is 10.2. The molecule has 0 aromatic carbocycles. The molecule has 0 N–H and O–H groups in total. The predicted octanol–water partition coefficient (Wildman–Crippen LogP) is 1.92. The van der Waals surface area contributed by atoms with Gasteiger partial charge in [0.15, 0.2) is 5.15 Å². The van der Waals surface area contributed by atoms with E-state index in [0.717, 1.165) is 0 Å². The molecule has 0 aliphatic carbocycles. The van der Waals surface area contributed by atoms with Gasteiger partial charge in [-0.15, -0.1) is 0 Å². The van der Waals surface area contributed by atoms with Crippen molar-refractivity contribution in [3.05, 3.63) is 17.5 Å². The standard InChI is InChI=1S/C7H9ClN2O/c1-5(2)11-7-4-9-3-6(8)10-7/h3-5H,1-2H3. The van der Waals surface area contributed by atoms with E-state index in [1.54, 1.807) is 0 Å². The molecule has 0 bridgehead atoms. The average Bonchev–Trinajstić information content (AvgIpc) is 1.85. The number of halogens is 1. The van der Waals surface area contributed by atoms with Crippen molar-refractivity contribution >= 4 is 11.6 Å². The number of hydrogen-bond donors (Lipinski definition) is 0. The van der Waals surface area contributed by atoms with Crippen LogP contribution in [-0.2, 0) is 0 Å². The van der Waals surface area contributed by atoms with Crippen molar-refractivity contribution in [1.29, 1.82) is 0 Å². The molecule has 1 heterocycles. The van der Waals surface area contributed by atoms with Crippen LogP contribution in [0.3, 0.4) is 0 Å². The van der Waals surface area contributed by atoms with Crippen LogP contribution in [-0.4, -0.2) is 16.1 Å². The lowest BCUT2D eigenvalue weighted by Crippen LogP contribution is -2.06. The lowest BCUT2D eigenvalue weighted by molar-refractivity contribution is 0.231. The molecule has 0 unspecified atom stereocenters. The molecule has 11 heavy (non-hydrogen) atoms. The molecule has 0 atom stereocenters. The minimum atomic E-state index is 0.0998. The Bertz CT molecular complexity index is 240. The van der Waals surface area contributed by atoms with Crippen LogP contribution in [0, 0.1) is 0 Å². The lowest BCUT2D eigenvalue weighted by Gasteiger charge is -2.06. The second kappa shape index (κ2) is 3.53. The molecule has 0 spiro atoms. The molecule has 0 aliphatic heterocycles. The highest BCUT2D eigenvalue weighted by Crippen LogP contribution is 2.10. The average molecular weight is 173 g/mol. The van der Waals surface area contributed by atoms with Crippen LogP contribution >= 0.6 is 11.6 Å². The molecule has 0 saturated carbocycles. The number of ether oxygens (including phenoxy) is 1. The van der Waals surface area contributed by atoms with Crippen molar-refractivity contribution in [3.8, 4) is 5.88 Å². The van der Waals surface area contributed by atoms with E-state index >= 15 is 0 Å². The summed E-state index contributed by atoms with van der Waals surface area (Å²) >= 11 is 5.57. The minimum absolute atomic E-state index is 0.0998. The second-order valence-corrected chi connectivity index (χ2v) is 2.73. The van der Waals surface area contributed by atoms with E-state index in [1.165, 1.54) is 12.4 Å². The molecule has 4 heteroatoms. The first-order valence-electron chi connectivity index (χ1n) is 3.32. The number of rotatable bonds is 2. The van der Waals surface area contributed by atoms with E-state index in [4.69, 9.17) is 16.3 Å². The molecule has 3 nitrogen and oxygen atoms in total. The summed E-state index contributed by atoms with van der Waals surface area (Å²) in [6.45, 7) is 3.84. The van der Waals surface area contributed by atoms with E-state index in [-0.39, 0.29) is 6.10 Å². The van der Waals surface area contributed by atoms with E-state index in [9.17, 15) is 0 Å². The van der Waals surface area contributed by atoms with Gasteiger partial charge in [0.25, 0.3) is 0 Å². The Balaban J connectivity index is 2.71. The molecule has 1 aromatic heterocycles. The summed E-state index contributed by atoms with van der Waals surface area (Å²) < 4.78 is 5.24. The van der Waals surface area contributed by atoms with Gasteiger partial charge >= 0.3 is 0 Å². The highest BCUT2D eigenvalue weighted by molar-refractivity contribution is 6.29. The van der Waals surface area contributed by atoms with Crippen LogP contribution in [0.25, 0.3) is 0 Å². The minimum Gasteiger partial charge on any atom is -0.474 e. The number of aromatic nitrogens is 2. The van der Waals surface area contributed by atoms with Crippen molar-refractivity contribution in [2.45, 2.75) is 20.0 Å². The summed E-state index contributed by atoms with van der Waals surface area (Å²) in [5.41, 5.74) is 0. The molecule has 60 valence electrons. The van der Waals surface area contributed by atoms with Gasteiger partial charge in [0.1, 0.15) is 0 Å². The summed E-state index contributed by atoms with van der Waals surface area (Å²) in [4.78, 5) is 7.71. The van der Waals surface area contributed by atoms with Crippen molar-refractivity contribution in [2.75, 3.05) is 0 Å². The molecule has 1 aromatic rings. The SMILES string of the molecule is CC(C)Oc1cncc(Cl)n1. The molecule has 0 fully saturated rings. The zero-order valence-corrected chi connectivity index (χ0v) is 7.17. The Morgan fingerprint density at radius 1 is 1.45 bits per heavy atom. The zero-order valence-electron chi connectivity index (χ0n) is 6.41. The summed E-state index contributed by atoms with van der Waals surface area (Å²) in [6, 6.07) is 0. The molecule has 0 aliphatic rings. The van der Waals surface area contributed by atoms with Gasteiger partial charge in [-0.25, -0.2) is 0 Å². The van der Waals surface area contributed by atoms with Gasteiger partial charge in [0, 0.05) is 0 Å². The van der Waals surface area contributed by atoms with Crippen LogP contribution in [0.1, 0.15) is 13.8 Å². The third kappa shape index (κ3) is 2.72. The molecule has 1 rings (SSSR count). The van der Waals surface area contributed by atoms with Gasteiger partial charge < -0.3 is 4.74 Å². The lowest BCUT2D eigenvalue weighted by atomic mass is 10.5. The van der Waals surface area contributed by atoms with Gasteiger partial charge in [-0.05, 0) is 13.8 Å². The van der Waals surface area contributed by atoms with E-state index in [0.29, 0.717) is 11.0 Å². The van der Waals surface area contributed by atoms with Crippen LogP contribution < -0.4 is 4.74 Å². The van der Waals surface area contributed by atoms with Crippen LogP contribution in [0.5, 0.6) is 5.88 Å². The van der Waals surface area contributed by atoms with Gasteiger partial charge in [-0.1, -0.05) is 11.6 Å². The summed E-state index contributed by atoms with van der Waals surface area (Å²) in [5, 5.41) is 0.350. The maximum Gasteiger partial charge on any atom is 0.233 e. The quantitative estimate of drug-likeness (QED) is 0.684. The fourth-order valence-electron chi connectivity index (χ4n) is 0.624. The number of nitrogens with zero attached hydrogens (tertiary/aromatic N) is 2. The van der Waals surface area contributed by atoms with Gasteiger partial charge in [0.2, 0.25) is 5.88 Å². The van der Waals surface area contributed by atoms with Crippen molar-refractivity contribution in [1.82, 2.24) is 9.97 Å². The maximum atomic E-state index is 5.57. The zero-order chi connectivity index (χ0) is 8.27. The van der Waals surface area contributed by atoms with Crippen LogP contribution in [0.2, 0.25) is 5.15 Å². The molecule has 0 saturated heterocycles. The molecule has 0 radical (unpaired) electrons. The van der Waals surface area contributed by atoms with Crippen LogP contribution in [0.4, 0.5) is 0 Å². The highest BCUT2D eigenvalue weighted by Gasteiger charge is 1.98. The second-order valence-electron chi connectivity index (χ2n) is 2.35. The Kier molecular flexibility index (Phi) is 2.65. The Morgan fingerprint density at radius 2 is 2.18 bits per heavy atom. The summed E-state index contributed by atoms with van der Waals surface area (Å²) in [7, 11) is 0. The first-order chi connectivity index (χ1) is 5.18. The predicted molar refractivity (Wildman–Crippen MR) is 42.8 cm³/mol. The van der Waals surface area contributed by atoms with Gasteiger partial charge in [-0.2, -0.15) is 4.98 Å². The summed E-state index contributed by atoms with van der Waals surface area (Å²) in [6.07, 6.45) is 3.10. The van der Waals surface area contributed by atoms with Crippen molar-refractivity contribution in [2.24, 2.45) is 0 Å². The molecular weight excluding hydrogens is 164 g/mol. The molecular formula is C7H9ClN2O. The largest absolute Gasteiger partial charge is 0.474 e. The van der Waals surface area contributed by atoms with Gasteiger partial charge in [-0.3, -0.25) is 4.98 Å². The first kappa shape index (κ1) is 8.27. The topological polar surface area (TPSA) is 35.0 Å². The fraction of sp³-hybridized carbons (Fsp3) is 0.429. The number of hydrogen-bond acceptors (Lipinski definition) is 3. The highest BCUT2D eigenvalue weighted by atomic mass is 35.5. The first-order valence-corrected chi connectivity index (χ1v) is 3.70. The maximum absolute atomic E-state index is 5.57. The molecule has 0 amide bonds. The van der Waals surface area contributed by atoms with E-state index in [1.807, 2.05) is 13.8 Å². The third-order valence-corrected chi connectivity index (χ3v) is 1.12. The van der Waals surface area contributed by atoms with Gasteiger partial charge in [0.05, 0.1) is 18.5 Å². The van der Waals surface area contributed by atoms with Crippen molar-refractivity contribution < 1.29 is 4.74 Å². The fourth-order valence-corrected chi connectivity index (χ4v) is 0.763. The van der Waals surface area contributed by atoms with E-state index < -0.39 is 0 Å². The van der Waals surface area contributed by atoms with Crippen LogP contribution in [0.15, 0.2) is 12.4 Å². The third-order valence-electron chi connectivity index (χ3n) is 0.939. The summed E-state index contributed by atoms with van der Waals surface area (Å²) in [5.74, 6) is 0.465. The Labute approximate surface area is 70.4 Å².